The van der Waals surface area contributed by atoms with Crippen molar-refractivity contribution in [3.8, 4) is 5.75 Å². The first-order valence-corrected chi connectivity index (χ1v) is 8.62. The highest BCUT2D eigenvalue weighted by atomic mass is 32.2. The second-order valence-corrected chi connectivity index (χ2v) is 6.10. The summed E-state index contributed by atoms with van der Waals surface area (Å²) in [5.74, 6) is 1.08. The van der Waals surface area contributed by atoms with E-state index >= 15 is 0 Å². The van der Waals surface area contributed by atoms with Crippen LogP contribution in [0, 0.1) is 0 Å². The molecule has 0 bridgehead atoms. The fraction of sp³-hybridized carbons (Fsp3) is 0.333. The molecule has 2 aromatic carbocycles. The van der Waals surface area contributed by atoms with Gasteiger partial charge in [0.15, 0.2) is 0 Å². The molecule has 0 aromatic heterocycles. The lowest BCUT2D eigenvalue weighted by Crippen LogP contribution is -2.21. The van der Waals surface area contributed by atoms with Gasteiger partial charge in [-0.2, -0.15) is 0 Å². The van der Waals surface area contributed by atoms with E-state index in [4.69, 9.17) is 4.74 Å². The first-order valence-electron chi connectivity index (χ1n) is 7.40. The Morgan fingerprint density at radius 2 is 1.90 bits per heavy atom. The van der Waals surface area contributed by atoms with Gasteiger partial charge in [-0.3, -0.25) is 0 Å². The van der Waals surface area contributed by atoms with E-state index in [-0.39, 0.29) is 6.04 Å². The van der Waals surface area contributed by atoms with Crippen LogP contribution < -0.4 is 10.1 Å². The zero-order chi connectivity index (χ0) is 14.7. The number of fused-ring (bicyclic) bond motifs is 1. The molecule has 1 aliphatic rings. The van der Waals surface area contributed by atoms with Crippen LogP contribution >= 0.6 is 11.8 Å². The molecular weight excluding hydrogens is 278 g/mol. The molecule has 0 aliphatic carbocycles. The maximum atomic E-state index is 5.99. The maximum Gasteiger partial charge on any atom is 0.127 e. The molecule has 1 aliphatic heterocycles. The van der Waals surface area contributed by atoms with Crippen LogP contribution in [-0.4, -0.2) is 19.9 Å². The Hall–Kier alpha value is -1.45. The van der Waals surface area contributed by atoms with E-state index in [1.165, 1.54) is 21.6 Å². The van der Waals surface area contributed by atoms with Crippen LogP contribution in [0.3, 0.4) is 0 Å². The van der Waals surface area contributed by atoms with E-state index in [9.17, 15) is 0 Å². The predicted octanol–water partition coefficient (Wildman–Crippen LogP) is 4.04. The van der Waals surface area contributed by atoms with Gasteiger partial charge in [0, 0.05) is 10.5 Å². The molecular formula is C18H21NOS. The summed E-state index contributed by atoms with van der Waals surface area (Å²) >= 11 is 1.79. The zero-order valence-corrected chi connectivity index (χ0v) is 13.4. The molecule has 0 spiro atoms. The van der Waals surface area contributed by atoms with Crippen molar-refractivity contribution in [2.24, 2.45) is 0 Å². The smallest absolute Gasteiger partial charge is 0.127 e. The molecule has 1 atom stereocenters. The molecule has 3 rings (SSSR count). The number of benzene rings is 2. The lowest BCUT2D eigenvalue weighted by atomic mass is 9.94. The van der Waals surface area contributed by atoms with Gasteiger partial charge >= 0.3 is 0 Å². The third kappa shape index (κ3) is 2.81. The van der Waals surface area contributed by atoms with Gasteiger partial charge in [-0.15, -0.1) is 11.8 Å². The van der Waals surface area contributed by atoms with E-state index in [1.807, 2.05) is 7.05 Å². The van der Waals surface area contributed by atoms with Gasteiger partial charge in [0.05, 0.1) is 12.6 Å². The fourth-order valence-corrected chi connectivity index (χ4v) is 3.66. The molecule has 21 heavy (non-hydrogen) atoms. The number of rotatable bonds is 4. The minimum absolute atomic E-state index is 0.168. The fourth-order valence-electron chi connectivity index (χ4n) is 3.03. The number of aryl methyl sites for hydroxylation is 1. The lowest BCUT2D eigenvalue weighted by molar-refractivity contribution is 0.283. The molecule has 0 amide bonds. The molecule has 2 nitrogen and oxygen atoms in total. The van der Waals surface area contributed by atoms with Crippen molar-refractivity contribution in [3.63, 3.8) is 0 Å². The van der Waals surface area contributed by atoms with Crippen LogP contribution in [0.15, 0.2) is 47.4 Å². The normalized spacial score (nSPS) is 15.1. The van der Waals surface area contributed by atoms with Gasteiger partial charge in [0.2, 0.25) is 0 Å². The van der Waals surface area contributed by atoms with E-state index < -0.39 is 0 Å². The van der Waals surface area contributed by atoms with Crippen LogP contribution in [-0.2, 0) is 6.42 Å². The first-order chi connectivity index (χ1) is 10.3. The third-order valence-electron chi connectivity index (χ3n) is 4.01. The minimum atomic E-state index is 0.168. The van der Waals surface area contributed by atoms with Gasteiger partial charge in [-0.25, -0.2) is 0 Å². The Morgan fingerprint density at radius 3 is 2.71 bits per heavy atom. The standard InChI is InChI=1S/C18H21NOS/c1-19-17(14-9-3-4-11-16(14)21-2)15-10-5-7-13-8-6-12-20-18(13)15/h3-5,7,9-11,17,19H,6,8,12H2,1-2H3. The van der Waals surface area contributed by atoms with E-state index in [0.29, 0.717) is 0 Å². The summed E-state index contributed by atoms with van der Waals surface area (Å²) in [6.07, 6.45) is 4.36. The topological polar surface area (TPSA) is 21.3 Å². The highest BCUT2D eigenvalue weighted by Crippen LogP contribution is 2.38. The molecule has 3 heteroatoms. The summed E-state index contributed by atoms with van der Waals surface area (Å²) < 4.78 is 5.99. The van der Waals surface area contributed by atoms with E-state index in [2.05, 4.69) is 54.0 Å². The first kappa shape index (κ1) is 14.5. The second kappa shape index (κ2) is 6.54. The number of nitrogens with one attached hydrogen (secondary N) is 1. The largest absolute Gasteiger partial charge is 0.493 e. The monoisotopic (exact) mass is 299 g/mol. The summed E-state index contributed by atoms with van der Waals surface area (Å²) in [5, 5.41) is 3.47. The molecule has 110 valence electrons. The molecule has 1 unspecified atom stereocenters. The Bertz CT molecular complexity index is 626. The Kier molecular flexibility index (Phi) is 4.51. The number of ether oxygens (including phenoxy) is 1. The third-order valence-corrected chi connectivity index (χ3v) is 4.83. The van der Waals surface area contributed by atoms with Crippen molar-refractivity contribution in [3.05, 3.63) is 59.2 Å². The lowest BCUT2D eigenvalue weighted by Gasteiger charge is -2.26. The van der Waals surface area contributed by atoms with Crippen molar-refractivity contribution in [1.82, 2.24) is 5.32 Å². The molecule has 0 fully saturated rings. The van der Waals surface area contributed by atoms with Crippen LogP contribution in [0.5, 0.6) is 5.75 Å². The van der Waals surface area contributed by atoms with Crippen molar-refractivity contribution in [2.45, 2.75) is 23.8 Å². The van der Waals surface area contributed by atoms with Crippen molar-refractivity contribution in [1.29, 1.82) is 0 Å². The summed E-state index contributed by atoms with van der Waals surface area (Å²) in [6, 6.07) is 15.3. The molecule has 1 N–H and O–H groups in total. The van der Waals surface area contributed by atoms with Crippen LogP contribution in [0.1, 0.15) is 29.2 Å². The van der Waals surface area contributed by atoms with Gasteiger partial charge in [0.1, 0.15) is 5.75 Å². The second-order valence-electron chi connectivity index (χ2n) is 5.25. The van der Waals surface area contributed by atoms with Crippen molar-refractivity contribution in [2.75, 3.05) is 19.9 Å². The average Bonchev–Trinajstić information content (AvgIpc) is 2.56. The van der Waals surface area contributed by atoms with Crippen molar-refractivity contribution < 1.29 is 4.74 Å². The Labute approximate surface area is 130 Å². The van der Waals surface area contributed by atoms with Crippen molar-refractivity contribution >= 4 is 11.8 Å². The van der Waals surface area contributed by atoms with Crippen LogP contribution in [0.25, 0.3) is 0 Å². The SMILES string of the molecule is CNC(c1ccccc1SC)c1cccc2c1OCCC2. The average molecular weight is 299 g/mol. The number of hydrogen-bond donors (Lipinski definition) is 1. The highest BCUT2D eigenvalue weighted by Gasteiger charge is 2.22. The summed E-state index contributed by atoms with van der Waals surface area (Å²) in [5.41, 5.74) is 3.90. The number of hydrogen-bond acceptors (Lipinski definition) is 3. The predicted molar refractivity (Wildman–Crippen MR) is 89.4 cm³/mol. The molecule has 0 radical (unpaired) electrons. The van der Waals surface area contributed by atoms with Gasteiger partial charge in [0.25, 0.3) is 0 Å². The summed E-state index contributed by atoms with van der Waals surface area (Å²) in [6.45, 7) is 0.824. The van der Waals surface area contributed by atoms with Gasteiger partial charge < -0.3 is 10.1 Å². The zero-order valence-electron chi connectivity index (χ0n) is 12.6. The summed E-state index contributed by atoms with van der Waals surface area (Å²) in [7, 11) is 2.02. The van der Waals surface area contributed by atoms with Crippen LogP contribution in [0.4, 0.5) is 0 Å². The number of thioether (sulfide) groups is 1. The van der Waals surface area contributed by atoms with Crippen LogP contribution in [0.2, 0.25) is 0 Å². The quantitative estimate of drug-likeness (QED) is 0.861. The molecule has 2 aromatic rings. The Morgan fingerprint density at radius 1 is 1.10 bits per heavy atom. The summed E-state index contributed by atoms with van der Waals surface area (Å²) in [4.78, 5) is 1.31. The van der Waals surface area contributed by atoms with Gasteiger partial charge in [-0.1, -0.05) is 36.4 Å². The maximum absolute atomic E-state index is 5.99. The minimum Gasteiger partial charge on any atom is -0.493 e. The van der Waals surface area contributed by atoms with Gasteiger partial charge in [-0.05, 0) is 43.3 Å². The number of para-hydroxylation sites is 1. The molecule has 0 saturated carbocycles. The highest BCUT2D eigenvalue weighted by molar-refractivity contribution is 7.98. The van der Waals surface area contributed by atoms with E-state index in [1.54, 1.807) is 11.8 Å². The Balaban J connectivity index is 2.08. The van der Waals surface area contributed by atoms with E-state index in [0.717, 1.165) is 25.2 Å². The molecule has 1 heterocycles. The molecule has 0 saturated heterocycles.